The van der Waals surface area contributed by atoms with Crippen LogP contribution >= 0.6 is 0 Å². The number of hydrogen-bond donors (Lipinski definition) is 3. The summed E-state index contributed by atoms with van der Waals surface area (Å²) in [6.07, 6.45) is 0.230. The van der Waals surface area contributed by atoms with Gasteiger partial charge in [0, 0.05) is 6.54 Å². The van der Waals surface area contributed by atoms with Crippen molar-refractivity contribution in [1.82, 2.24) is 10.8 Å². The Morgan fingerprint density at radius 2 is 1.41 bits per heavy atom. The lowest BCUT2D eigenvalue weighted by molar-refractivity contribution is -0.140. The second kappa shape index (κ2) is 7.95. The molecule has 0 aliphatic heterocycles. The molecule has 0 radical (unpaired) electrons. The van der Waals surface area contributed by atoms with Crippen LogP contribution in [0, 0.1) is 5.92 Å². The lowest BCUT2D eigenvalue weighted by Gasteiger charge is -2.15. The molecule has 0 saturated heterocycles. The van der Waals surface area contributed by atoms with Gasteiger partial charge in [-0.25, -0.2) is 5.48 Å². The molecule has 5 heteroatoms. The van der Waals surface area contributed by atoms with Gasteiger partial charge in [-0.15, -0.1) is 0 Å². The van der Waals surface area contributed by atoms with Gasteiger partial charge in [0.15, 0.2) is 0 Å². The minimum absolute atomic E-state index is 0.230. The number of hydrogen-bond acceptors (Lipinski definition) is 3. The normalized spacial score (nSPS) is 11.5. The van der Waals surface area contributed by atoms with E-state index >= 15 is 0 Å². The maximum Gasteiger partial charge on any atom is 0.256 e. The van der Waals surface area contributed by atoms with Gasteiger partial charge < -0.3 is 5.32 Å². The van der Waals surface area contributed by atoms with Crippen molar-refractivity contribution in [2.45, 2.75) is 13.0 Å². The molecule has 0 aliphatic rings. The van der Waals surface area contributed by atoms with Crippen LogP contribution in [-0.2, 0) is 22.6 Å². The summed E-state index contributed by atoms with van der Waals surface area (Å²) in [5.41, 5.74) is 3.36. The van der Waals surface area contributed by atoms with Crippen molar-refractivity contribution < 1.29 is 14.8 Å². The zero-order chi connectivity index (χ0) is 15.8. The summed E-state index contributed by atoms with van der Waals surface area (Å²) >= 11 is 0. The number of carbonyl (C=O) groups is 2. The Morgan fingerprint density at radius 3 is 1.95 bits per heavy atom. The van der Waals surface area contributed by atoms with E-state index in [1.165, 1.54) is 0 Å². The second-order valence-electron chi connectivity index (χ2n) is 4.92. The lowest BCUT2D eigenvalue weighted by Crippen LogP contribution is -2.41. The van der Waals surface area contributed by atoms with Crippen molar-refractivity contribution in [3.05, 3.63) is 71.8 Å². The van der Waals surface area contributed by atoms with Gasteiger partial charge in [0.2, 0.25) is 5.91 Å². The summed E-state index contributed by atoms with van der Waals surface area (Å²) in [5.74, 6) is -2.11. The van der Waals surface area contributed by atoms with Gasteiger partial charge in [-0.05, 0) is 17.5 Å². The van der Waals surface area contributed by atoms with Gasteiger partial charge in [-0.2, -0.15) is 0 Å². The molecule has 1 atom stereocenters. The third-order valence-corrected chi connectivity index (χ3v) is 3.34. The molecule has 2 amide bonds. The van der Waals surface area contributed by atoms with Crippen LogP contribution in [0.3, 0.4) is 0 Å². The van der Waals surface area contributed by atoms with Gasteiger partial charge in [0.05, 0.1) is 0 Å². The van der Waals surface area contributed by atoms with Crippen molar-refractivity contribution >= 4 is 11.8 Å². The van der Waals surface area contributed by atoms with Crippen molar-refractivity contribution in [2.24, 2.45) is 5.92 Å². The van der Waals surface area contributed by atoms with Crippen LogP contribution in [0.5, 0.6) is 0 Å². The molecule has 1 unspecified atom stereocenters. The number of benzene rings is 2. The summed E-state index contributed by atoms with van der Waals surface area (Å²) < 4.78 is 0. The summed E-state index contributed by atoms with van der Waals surface area (Å²) in [4.78, 5) is 24.0. The molecular weight excluding hydrogens is 280 g/mol. The van der Waals surface area contributed by atoms with E-state index in [2.05, 4.69) is 5.32 Å². The molecule has 0 heterocycles. The highest BCUT2D eigenvalue weighted by atomic mass is 16.5. The third kappa shape index (κ3) is 4.43. The molecule has 3 N–H and O–H groups in total. The van der Waals surface area contributed by atoms with Crippen molar-refractivity contribution in [3.8, 4) is 0 Å². The highest BCUT2D eigenvalue weighted by molar-refractivity contribution is 6.00. The van der Waals surface area contributed by atoms with E-state index < -0.39 is 17.7 Å². The molecule has 0 aliphatic carbocycles. The second-order valence-corrected chi connectivity index (χ2v) is 4.92. The van der Waals surface area contributed by atoms with Crippen LogP contribution in [0.25, 0.3) is 0 Å². The first kappa shape index (κ1) is 15.7. The summed E-state index contributed by atoms with van der Waals surface area (Å²) in [6.45, 7) is 0.337. The first-order chi connectivity index (χ1) is 10.7. The molecule has 2 rings (SSSR count). The molecule has 2 aromatic carbocycles. The zero-order valence-electron chi connectivity index (χ0n) is 12.0. The number of hydroxylamine groups is 1. The van der Waals surface area contributed by atoms with E-state index in [-0.39, 0.29) is 6.42 Å². The largest absolute Gasteiger partial charge is 0.351 e. The van der Waals surface area contributed by atoms with Gasteiger partial charge in [-0.3, -0.25) is 14.8 Å². The van der Waals surface area contributed by atoms with Gasteiger partial charge in [0.1, 0.15) is 5.92 Å². The van der Waals surface area contributed by atoms with Crippen LogP contribution in [-0.4, -0.2) is 17.0 Å². The molecule has 5 nitrogen and oxygen atoms in total. The average Bonchev–Trinajstić information content (AvgIpc) is 2.58. The molecule has 0 spiro atoms. The van der Waals surface area contributed by atoms with E-state index in [0.29, 0.717) is 6.54 Å². The minimum atomic E-state index is -0.976. The predicted molar refractivity (Wildman–Crippen MR) is 81.9 cm³/mol. The van der Waals surface area contributed by atoms with E-state index in [9.17, 15) is 9.59 Å². The fourth-order valence-electron chi connectivity index (χ4n) is 2.14. The summed E-state index contributed by atoms with van der Waals surface area (Å²) in [6, 6.07) is 18.6. The molecule has 0 fully saturated rings. The Kier molecular flexibility index (Phi) is 5.68. The standard InChI is InChI=1S/C17H18N2O3/c20-16(18-12-14-9-5-2-6-10-14)15(17(21)19-22)11-13-7-3-1-4-8-13/h1-10,15,22H,11-12H2,(H,18,20)(H,19,21). The molecule has 0 saturated carbocycles. The van der Waals surface area contributed by atoms with Gasteiger partial charge in [0.25, 0.3) is 5.91 Å². The molecule has 114 valence electrons. The first-order valence-electron chi connectivity index (χ1n) is 7.00. The first-order valence-corrected chi connectivity index (χ1v) is 7.00. The topological polar surface area (TPSA) is 78.4 Å². The van der Waals surface area contributed by atoms with Crippen LogP contribution in [0.2, 0.25) is 0 Å². The van der Waals surface area contributed by atoms with Gasteiger partial charge in [-0.1, -0.05) is 60.7 Å². The Hall–Kier alpha value is -2.66. The van der Waals surface area contributed by atoms with E-state index in [0.717, 1.165) is 11.1 Å². The highest BCUT2D eigenvalue weighted by Gasteiger charge is 2.26. The van der Waals surface area contributed by atoms with Crippen LogP contribution in [0.15, 0.2) is 60.7 Å². The number of rotatable bonds is 6. The minimum Gasteiger partial charge on any atom is -0.351 e. The van der Waals surface area contributed by atoms with Crippen molar-refractivity contribution in [2.75, 3.05) is 0 Å². The van der Waals surface area contributed by atoms with Crippen LogP contribution < -0.4 is 10.8 Å². The Bertz CT molecular complexity index is 614. The molecule has 0 aromatic heterocycles. The van der Waals surface area contributed by atoms with Crippen LogP contribution in [0.4, 0.5) is 0 Å². The van der Waals surface area contributed by atoms with Crippen LogP contribution in [0.1, 0.15) is 11.1 Å². The number of nitrogens with one attached hydrogen (secondary N) is 2. The quantitative estimate of drug-likeness (QED) is 0.431. The van der Waals surface area contributed by atoms with E-state index in [1.54, 1.807) is 5.48 Å². The monoisotopic (exact) mass is 298 g/mol. The molecule has 22 heavy (non-hydrogen) atoms. The highest BCUT2D eigenvalue weighted by Crippen LogP contribution is 2.10. The fourth-order valence-corrected chi connectivity index (χ4v) is 2.14. The smallest absolute Gasteiger partial charge is 0.256 e. The molecular formula is C17H18N2O3. The zero-order valence-corrected chi connectivity index (χ0v) is 12.0. The third-order valence-electron chi connectivity index (χ3n) is 3.34. The molecule has 2 aromatic rings. The molecule has 0 bridgehead atoms. The average molecular weight is 298 g/mol. The van der Waals surface area contributed by atoms with E-state index in [1.807, 2.05) is 60.7 Å². The summed E-state index contributed by atoms with van der Waals surface area (Å²) in [7, 11) is 0. The van der Waals surface area contributed by atoms with Gasteiger partial charge >= 0.3 is 0 Å². The fraction of sp³-hybridized carbons (Fsp3) is 0.176. The maximum atomic E-state index is 12.2. The number of carbonyl (C=O) groups excluding carboxylic acids is 2. The Morgan fingerprint density at radius 1 is 0.864 bits per heavy atom. The lowest BCUT2D eigenvalue weighted by atomic mass is 9.97. The Balaban J connectivity index is 2.02. The SMILES string of the molecule is O=C(NO)C(Cc1ccccc1)C(=O)NCc1ccccc1. The van der Waals surface area contributed by atoms with Crippen molar-refractivity contribution in [1.29, 1.82) is 0 Å². The van der Waals surface area contributed by atoms with E-state index in [4.69, 9.17) is 5.21 Å². The maximum absolute atomic E-state index is 12.2. The predicted octanol–water partition coefficient (Wildman–Crippen LogP) is 1.67. The Labute approximate surface area is 128 Å². The number of amides is 2. The summed E-state index contributed by atoms with van der Waals surface area (Å²) in [5, 5.41) is 11.6. The van der Waals surface area contributed by atoms with Crippen molar-refractivity contribution in [3.63, 3.8) is 0 Å².